The zero-order valence-corrected chi connectivity index (χ0v) is 28.8. The number of methoxy groups -OCH3 is 1. The molecule has 266 valence electrons. The quantitative estimate of drug-likeness (QED) is 0.205. The molecule has 0 unspecified atom stereocenters. The van der Waals surface area contributed by atoms with E-state index in [0.29, 0.717) is 30.5 Å². The summed E-state index contributed by atoms with van der Waals surface area (Å²) in [4.78, 5) is 49.0. The summed E-state index contributed by atoms with van der Waals surface area (Å²) in [6, 6.07) is 25.8. The molecule has 0 spiro atoms. The van der Waals surface area contributed by atoms with Crippen molar-refractivity contribution in [2.75, 3.05) is 33.4 Å². The number of fused-ring (bicyclic) bond motifs is 1. The van der Waals surface area contributed by atoms with Gasteiger partial charge in [-0.25, -0.2) is 9.78 Å². The smallest absolute Gasteiger partial charge is 0.410 e. The minimum absolute atomic E-state index is 0.147. The van der Waals surface area contributed by atoms with E-state index in [1.165, 1.54) is 0 Å². The minimum Gasteiger partial charge on any atom is -0.445 e. The van der Waals surface area contributed by atoms with Gasteiger partial charge in [0.2, 0.25) is 0 Å². The van der Waals surface area contributed by atoms with Crippen molar-refractivity contribution in [1.29, 1.82) is 0 Å². The molecule has 2 aromatic heterocycles. The number of benzene rings is 3. The number of piperazine rings is 1. The zero-order chi connectivity index (χ0) is 35.4. The molecule has 3 atom stereocenters. The van der Waals surface area contributed by atoms with Crippen molar-refractivity contribution in [1.82, 2.24) is 29.1 Å². The van der Waals surface area contributed by atoms with Gasteiger partial charge in [0.15, 0.2) is 5.69 Å². The molecular formula is C39H44N6O6. The Morgan fingerprint density at radius 1 is 0.980 bits per heavy atom. The third kappa shape index (κ3) is 7.06. The first-order valence-electron chi connectivity index (χ1n) is 17.6. The van der Waals surface area contributed by atoms with Gasteiger partial charge in [0.05, 0.1) is 41.6 Å². The fourth-order valence-corrected chi connectivity index (χ4v) is 7.74. The van der Waals surface area contributed by atoms with E-state index >= 15 is 0 Å². The Morgan fingerprint density at radius 2 is 1.73 bits per heavy atom. The number of hydrogen-bond acceptors (Lipinski definition) is 7. The second-order valence-electron chi connectivity index (χ2n) is 13.6. The summed E-state index contributed by atoms with van der Waals surface area (Å²) in [5.74, 6) is -0.258. The van der Waals surface area contributed by atoms with Gasteiger partial charge in [-0.05, 0) is 37.0 Å². The maximum Gasteiger partial charge on any atom is 0.410 e. The van der Waals surface area contributed by atoms with Gasteiger partial charge in [-0.2, -0.15) is 0 Å². The SMILES string of the molecule is COC[C@]1(O)CCCC[C@H]1n1cnc(C(=O)N2CCN(C(=O)OCc3ccccc3)C[C@H]2CCn2[nH]c(=O)c3ccccc32)c1-c1ccccc1. The number of carbonyl (C=O) groups is 2. The molecule has 7 rings (SSSR count). The number of nitrogens with zero attached hydrogens (tertiary/aromatic N) is 5. The second kappa shape index (κ2) is 15.0. The number of aliphatic hydroxyl groups is 1. The van der Waals surface area contributed by atoms with E-state index in [9.17, 15) is 19.5 Å². The van der Waals surface area contributed by atoms with Gasteiger partial charge in [-0.15, -0.1) is 0 Å². The van der Waals surface area contributed by atoms with Gasteiger partial charge >= 0.3 is 6.09 Å². The van der Waals surface area contributed by atoms with Crippen LogP contribution in [0.15, 0.2) is 96.1 Å². The highest BCUT2D eigenvalue weighted by Gasteiger charge is 2.43. The van der Waals surface area contributed by atoms with Crippen molar-refractivity contribution in [3.05, 3.63) is 113 Å². The Balaban J connectivity index is 1.20. The maximum absolute atomic E-state index is 14.8. The lowest BCUT2D eigenvalue weighted by molar-refractivity contribution is -0.0893. The molecular weight excluding hydrogens is 648 g/mol. The summed E-state index contributed by atoms with van der Waals surface area (Å²) in [6.45, 7) is 1.54. The molecule has 2 N–H and O–H groups in total. The van der Waals surface area contributed by atoms with Gasteiger partial charge in [0.1, 0.15) is 12.2 Å². The van der Waals surface area contributed by atoms with Crippen molar-refractivity contribution in [3.8, 4) is 11.3 Å². The Hall–Kier alpha value is -5.20. The Bertz CT molecular complexity index is 2020. The van der Waals surface area contributed by atoms with Crippen LogP contribution in [0.5, 0.6) is 0 Å². The fraction of sp³-hybridized carbons (Fsp3) is 0.385. The highest BCUT2D eigenvalue weighted by molar-refractivity contribution is 5.98. The maximum atomic E-state index is 14.8. The van der Waals surface area contributed by atoms with Gasteiger partial charge < -0.3 is 28.9 Å². The average molecular weight is 693 g/mol. The Kier molecular flexibility index (Phi) is 10.0. The highest BCUT2D eigenvalue weighted by atomic mass is 16.6. The zero-order valence-electron chi connectivity index (χ0n) is 28.8. The van der Waals surface area contributed by atoms with E-state index in [2.05, 4.69) is 5.10 Å². The van der Waals surface area contributed by atoms with E-state index in [1.807, 2.05) is 83.4 Å². The molecule has 3 aromatic carbocycles. The first-order chi connectivity index (χ1) is 24.9. The van der Waals surface area contributed by atoms with Crippen molar-refractivity contribution in [3.63, 3.8) is 0 Å². The fourth-order valence-electron chi connectivity index (χ4n) is 7.74. The van der Waals surface area contributed by atoms with E-state index in [-0.39, 0.29) is 56.1 Å². The van der Waals surface area contributed by atoms with Crippen LogP contribution in [0.25, 0.3) is 22.2 Å². The predicted molar refractivity (Wildman–Crippen MR) is 192 cm³/mol. The van der Waals surface area contributed by atoms with Crippen LogP contribution in [0.1, 0.15) is 54.2 Å². The summed E-state index contributed by atoms with van der Waals surface area (Å²) in [7, 11) is 1.59. The van der Waals surface area contributed by atoms with Crippen molar-refractivity contribution in [2.24, 2.45) is 0 Å². The molecule has 51 heavy (non-hydrogen) atoms. The molecule has 0 bridgehead atoms. The number of carbonyl (C=O) groups excluding carboxylic acids is 2. The van der Waals surface area contributed by atoms with Crippen LogP contribution in [-0.2, 0) is 22.6 Å². The Morgan fingerprint density at radius 3 is 2.51 bits per heavy atom. The molecule has 0 radical (unpaired) electrons. The molecule has 12 nitrogen and oxygen atoms in total. The van der Waals surface area contributed by atoms with Gasteiger partial charge in [-0.1, -0.05) is 85.6 Å². The van der Waals surface area contributed by atoms with Crippen LogP contribution >= 0.6 is 0 Å². The van der Waals surface area contributed by atoms with Gasteiger partial charge in [0, 0.05) is 38.9 Å². The molecule has 5 aromatic rings. The molecule has 1 saturated carbocycles. The van der Waals surface area contributed by atoms with Crippen molar-refractivity contribution in [2.45, 2.75) is 62.9 Å². The topological polar surface area (TPSA) is 135 Å². The second-order valence-corrected chi connectivity index (χ2v) is 13.6. The molecule has 2 fully saturated rings. The number of hydrogen-bond donors (Lipinski definition) is 2. The summed E-state index contributed by atoms with van der Waals surface area (Å²) < 4.78 is 14.9. The summed E-state index contributed by atoms with van der Waals surface area (Å²) in [5.41, 5.74) is 2.13. The predicted octanol–water partition coefficient (Wildman–Crippen LogP) is 5.24. The molecule has 2 aliphatic rings. The number of aryl methyl sites for hydroxylation is 1. The number of aromatic nitrogens is 4. The van der Waals surface area contributed by atoms with E-state index < -0.39 is 17.7 Å². The molecule has 2 amide bonds. The number of nitrogens with one attached hydrogen (secondary N) is 1. The summed E-state index contributed by atoms with van der Waals surface area (Å²) in [6.07, 6.45) is 4.82. The van der Waals surface area contributed by atoms with Crippen molar-refractivity contribution < 1.29 is 24.2 Å². The lowest BCUT2D eigenvalue weighted by Crippen LogP contribution is -2.57. The van der Waals surface area contributed by atoms with Gasteiger partial charge in [-0.3, -0.25) is 19.4 Å². The van der Waals surface area contributed by atoms with E-state index in [0.717, 1.165) is 35.9 Å². The largest absolute Gasteiger partial charge is 0.445 e. The normalized spacial score (nSPS) is 20.8. The molecule has 1 saturated heterocycles. The third-order valence-corrected chi connectivity index (χ3v) is 10.3. The number of imidazole rings is 1. The molecule has 1 aliphatic carbocycles. The molecule has 1 aliphatic heterocycles. The lowest BCUT2D eigenvalue weighted by Gasteiger charge is -2.41. The first-order valence-corrected chi connectivity index (χ1v) is 17.6. The summed E-state index contributed by atoms with van der Waals surface area (Å²) >= 11 is 0. The third-order valence-electron chi connectivity index (χ3n) is 10.3. The highest BCUT2D eigenvalue weighted by Crippen LogP contribution is 2.41. The standard InChI is InChI=1S/C39H44N6O6/c1-50-26-39(49)20-11-10-18-33(39)44-27-40-34(35(44)29-14-6-3-7-15-29)37(47)43-23-22-42(38(48)51-25-28-12-4-2-5-13-28)24-30(43)19-21-45-32-17-9-8-16-31(32)36(46)41-45/h2-9,12-17,27,30,33,49H,10-11,18-26H2,1H3,(H,41,46)/t30-,33-,39-/m1/s1. The van der Waals surface area contributed by atoms with Crippen LogP contribution in [0.4, 0.5) is 4.79 Å². The number of para-hydroxylation sites is 1. The number of amides is 2. The van der Waals surface area contributed by atoms with E-state index in [1.54, 1.807) is 34.0 Å². The van der Waals surface area contributed by atoms with Gasteiger partial charge in [0.25, 0.3) is 11.5 Å². The van der Waals surface area contributed by atoms with Crippen LogP contribution < -0.4 is 5.56 Å². The van der Waals surface area contributed by atoms with Crippen molar-refractivity contribution >= 4 is 22.9 Å². The van der Waals surface area contributed by atoms with E-state index in [4.69, 9.17) is 14.5 Å². The number of ether oxygens (including phenoxy) is 2. The minimum atomic E-state index is -1.11. The Labute approximate surface area is 296 Å². The number of aromatic amines is 1. The lowest BCUT2D eigenvalue weighted by atomic mass is 9.80. The molecule has 3 heterocycles. The summed E-state index contributed by atoms with van der Waals surface area (Å²) in [5, 5.41) is 15.3. The van der Waals surface area contributed by atoms with Crippen LogP contribution in [0.3, 0.4) is 0 Å². The first kappa shape index (κ1) is 34.3. The van der Waals surface area contributed by atoms with Crippen LogP contribution in [-0.4, -0.2) is 91.2 Å². The number of H-pyrrole nitrogens is 1. The average Bonchev–Trinajstić information content (AvgIpc) is 3.74. The number of rotatable bonds is 10. The van der Waals surface area contributed by atoms with Crippen LogP contribution in [0.2, 0.25) is 0 Å². The monoisotopic (exact) mass is 692 g/mol. The molecule has 12 heteroatoms. The van der Waals surface area contributed by atoms with Crippen LogP contribution in [0, 0.1) is 0 Å².